The summed E-state index contributed by atoms with van der Waals surface area (Å²) in [7, 11) is 1.30. The maximum Gasteiger partial charge on any atom is 0.341 e. The van der Waals surface area contributed by atoms with Gasteiger partial charge in [0.25, 0.3) is 5.91 Å². The monoisotopic (exact) mass is 478 g/mol. The van der Waals surface area contributed by atoms with E-state index in [1.54, 1.807) is 19.1 Å². The molecule has 0 saturated carbocycles. The van der Waals surface area contributed by atoms with Gasteiger partial charge in [0.15, 0.2) is 0 Å². The van der Waals surface area contributed by atoms with Crippen LogP contribution in [-0.4, -0.2) is 43.0 Å². The molecular formula is C26H26N2O5S. The highest BCUT2D eigenvalue weighted by Crippen LogP contribution is 2.38. The average Bonchev–Trinajstić information content (AvgIpc) is 3.21. The van der Waals surface area contributed by atoms with E-state index in [-0.39, 0.29) is 12.5 Å². The Bertz CT molecular complexity index is 1190. The number of rotatable bonds is 7. The standard InChI is InChI=1S/C26H26N2O5S/c1-3-33-26(31)22-20-13-14-28(15-17-7-5-4-6-8-17)16-21(20)34-24(22)27-23(29)18-9-11-19(12-10-18)25(30)32-2/h4-12H,3,13-16H2,1-2H3,(H,27,29). The first kappa shape index (κ1) is 23.7. The SMILES string of the molecule is CCOC(=O)c1c(NC(=O)c2ccc(C(=O)OC)cc2)sc2c1CCN(Cc1ccccc1)C2. The first-order valence-corrected chi connectivity index (χ1v) is 11.9. The highest BCUT2D eigenvalue weighted by Gasteiger charge is 2.29. The van der Waals surface area contributed by atoms with E-state index in [9.17, 15) is 14.4 Å². The lowest BCUT2D eigenvalue weighted by Gasteiger charge is -2.27. The highest BCUT2D eigenvalue weighted by atomic mass is 32.1. The molecule has 34 heavy (non-hydrogen) atoms. The number of hydrogen-bond acceptors (Lipinski definition) is 7. The third-order valence-corrected chi connectivity index (χ3v) is 6.79. The Morgan fingerprint density at radius 1 is 1.00 bits per heavy atom. The number of anilines is 1. The number of nitrogens with one attached hydrogen (secondary N) is 1. The van der Waals surface area contributed by atoms with Gasteiger partial charge in [-0.1, -0.05) is 30.3 Å². The Morgan fingerprint density at radius 2 is 1.71 bits per heavy atom. The minimum Gasteiger partial charge on any atom is -0.465 e. The van der Waals surface area contributed by atoms with Gasteiger partial charge in [0.1, 0.15) is 5.00 Å². The van der Waals surface area contributed by atoms with Crippen molar-refractivity contribution in [2.75, 3.05) is 25.6 Å². The molecule has 3 aromatic rings. The minimum absolute atomic E-state index is 0.256. The largest absolute Gasteiger partial charge is 0.465 e. The number of esters is 2. The lowest BCUT2D eigenvalue weighted by Crippen LogP contribution is -2.29. The van der Waals surface area contributed by atoms with Crippen LogP contribution in [0.3, 0.4) is 0 Å². The molecule has 1 aromatic heterocycles. The van der Waals surface area contributed by atoms with Crippen molar-refractivity contribution in [3.63, 3.8) is 0 Å². The topological polar surface area (TPSA) is 84.9 Å². The summed E-state index contributed by atoms with van der Waals surface area (Å²) in [5.41, 5.74) is 3.36. The minimum atomic E-state index is -0.470. The summed E-state index contributed by atoms with van der Waals surface area (Å²) in [5.74, 6) is -1.25. The Kier molecular flexibility index (Phi) is 7.40. The predicted octanol–water partition coefficient (Wildman–Crippen LogP) is 4.52. The number of ether oxygens (including phenoxy) is 2. The average molecular weight is 479 g/mol. The zero-order valence-electron chi connectivity index (χ0n) is 19.1. The Labute approximate surface area is 202 Å². The van der Waals surface area contributed by atoms with Crippen LogP contribution in [-0.2, 0) is 29.0 Å². The number of benzene rings is 2. The van der Waals surface area contributed by atoms with Gasteiger partial charge in [0.05, 0.1) is 24.8 Å². The highest BCUT2D eigenvalue weighted by molar-refractivity contribution is 7.17. The molecule has 0 fully saturated rings. The smallest absolute Gasteiger partial charge is 0.341 e. The van der Waals surface area contributed by atoms with Crippen molar-refractivity contribution < 1.29 is 23.9 Å². The molecular weight excluding hydrogens is 452 g/mol. The Hall–Kier alpha value is -3.49. The zero-order valence-corrected chi connectivity index (χ0v) is 19.9. The van der Waals surface area contributed by atoms with E-state index >= 15 is 0 Å². The molecule has 176 valence electrons. The summed E-state index contributed by atoms with van der Waals surface area (Å²) >= 11 is 1.42. The molecule has 1 amide bonds. The molecule has 0 atom stereocenters. The molecule has 0 spiro atoms. The van der Waals surface area contributed by atoms with Crippen LogP contribution in [0.5, 0.6) is 0 Å². The predicted molar refractivity (Wildman–Crippen MR) is 130 cm³/mol. The van der Waals surface area contributed by atoms with Crippen molar-refractivity contribution in [3.05, 3.63) is 87.3 Å². The van der Waals surface area contributed by atoms with E-state index in [1.165, 1.54) is 36.1 Å². The zero-order chi connectivity index (χ0) is 24.1. The summed E-state index contributed by atoms with van der Waals surface area (Å²) in [4.78, 5) is 40.8. The quantitative estimate of drug-likeness (QED) is 0.503. The van der Waals surface area contributed by atoms with Crippen molar-refractivity contribution in [1.29, 1.82) is 0 Å². The van der Waals surface area contributed by atoms with Crippen LogP contribution < -0.4 is 5.32 Å². The molecule has 4 rings (SSSR count). The molecule has 1 N–H and O–H groups in total. The van der Waals surface area contributed by atoms with Crippen molar-refractivity contribution in [2.24, 2.45) is 0 Å². The molecule has 0 unspecified atom stereocenters. The van der Waals surface area contributed by atoms with Gasteiger partial charge in [-0.15, -0.1) is 11.3 Å². The molecule has 2 heterocycles. The van der Waals surface area contributed by atoms with Crippen molar-refractivity contribution in [2.45, 2.75) is 26.4 Å². The third-order valence-electron chi connectivity index (χ3n) is 5.66. The molecule has 1 aliphatic rings. The number of carbonyl (C=O) groups is 3. The van der Waals surface area contributed by atoms with Gasteiger partial charge in [-0.2, -0.15) is 0 Å². The molecule has 0 bridgehead atoms. The van der Waals surface area contributed by atoms with E-state index < -0.39 is 11.9 Å². The lowest BCUT2D eigenvalue weighted by atomic mass is 10.0. The van der Waals surface area contributed by atoms with Gasteiger partial charge >= 0.3 is 11.9 Å². The molecule has 0 saturated heterocycles. The molecule has 0 radical (unpaired) electrons. The molecule has 8 heteroatoms. The second-order valence-corrected chi connectivity index (χ2v) is 9.00. The van der Waals surface area contributed by atoms with Gasteiger partial charge in [0.2, 0.25) is 0 Å². The van der Waals surface area contributed by atoms with Crippen molar-refractivity contribution in [3.8, 4) is 0 Å². The Morgan fingerprint density at radius 3 is 2.38 bits per heavy atom. The molecule has 0 aliphatic carbocycles. The van der Waals surface area contributed by atoms with E-state index in [0.29, 0.717) is 34.7 Å². The van der Waals surface area contributed by atoms with Gasteiger partial charge in [0, 0.05) is 30.1 Å². The number of thiophene rings is 1. The number of methoxy groups -OCH3 is 1. The van der Waals surface area contributed by atoms with E-state index in [2.05, 4.69) is 22.3 Å². The van der Waals surface area contributed by atoms with Crippen LogP contribution in [0, 0.1) is 0 Å². The Balaban J connectivity index is 1.56. The first-order valence-electron chi connectivity index (χ1n) is 11.1. The normalized spacial score (nSPS) is 13.1. The van der Waals surface area contributed by atoms with Gasteiger partial charge < -0.3 is 14.8 Å². The van der Waals surface area contributed by atoms with E-state index in [0.717, 1.165) is 23.5 Å². The van der Waals surface area contributed by atoms with E-state index in [4.69, 9.17) is 9.47 Å². The second-order valence-electron chi connectivity index (χ2n) is 7.90. The van der Waals surface area contributed by atoms with Crippen LogP contribution in [0.4, 0.5) is 5.00 Å². The molecule has 7 nitrogen and oxygen atoms in total. The first-order chi connectivity index (χ1) is 16.5. The fourth-order valence-corrected chi connectivity index (χ4v) is 5.26. The van der Waals surface area contributed by atoms with Crippen molar-refractivity contribution in [1.82, 2.24) is 4.90 Å². The fraction of sp³-hybridized carbons (Fsp3) is 0.269. The lowest BCUT2D eigenvalue weighted by molar-refractivity contribution is 0.0525. The maximum atomic E-state index is 12.9. The summed E-state index contributed by atoms with van der Waals surface area (Å²) < 4.78 is 10.0. The molecule has 1 aliphatic heterocycles. The van der Waals surface area contributed by atoms with Crippen LogP contribution in [0.15, 0.2) is 54.6 Å². The van der Waals surface area contributed by atoms with Gasteiger partial charge in [-0.25, -0.2) is 9.59 Å². The van der Waals surface area contributed by atoms with Crippen LogP contribution >= 0.6 is 11.3 Å². The third kappa shape index (κ3) is 5.18. The number of nitrogens with zero attached hydrogens (tertiary/aromatic N) is 1. The summed E-state index contributed by atoms with van der Waals surface area (Å²) in [5, 5.41) is 3.39. The van der Waals surface area contributed by atoms with Crippen LogP contribution in [0.2, 0.25) is 0 Å². The van der Waals surface area contributed by atoms with Crippen LogP contribution in [0.1, 0.15) is 54.0 Å². The van der Waals surface area contributed by atoms with Gasteiger partial charge in [-0.3, -0.25) is 9.69 Å². The summed E-state index contributed by atoms with van der Waals surface area (Å²) in [6, 6.07) is 16.4. The van der Waals surface area contributed by atoms with Crippen LogP contribution in [0.25, 0.3) is 0 Å². The molecule has 2 aromatic carbocycles. The number of carbonyl (C=O) groups excluding carboxylic acids is 3. The number of hydrogen-bond donors (Lipinski definition) is 1. The summed E-state index contributed by atoms with van der Waals surface area (Å²) in [6.45, 7) is 4.35. The fourth-order valence-electron chi connectivity index (χ4n) is 3.99. The second kappa shape index (κ2) is 10.6. The summed E-state index contributed by atoms with van der Waals surface area (Å²) in [6.07, 6.45) is 0.705. The number of amides is 1. The van der Waals surface area contributed by atoms with Gasteiger partial charge in [-0.05, 0) is 48.7 Å². The number of fused-ring (bicyclic) bond motifs is 1. The maximum absolute atomic E-state index is 12.9. The van der Waals surface area contributed by atoms with E-state index in [1.807, 2.05) is 18.2 Å². The van der Waals surface area contributed by atoms with Crippen molar-refractivity contribution >= 4 is 34.2 Å².